The number of likely N-dealkylation sites (N-methyl/N-ethyl adjacent to an activating group) is 1. The van der Waals surface area contributed by atoms with Gasteiger partial charge in [-0.1, -0.05) is 60.7 Å². The minimum Gasteiger partial charge on any atom is -0.504 e. The van der Waals surface area contributed by atoms with Crippen molar-refractivity contribution in [3.05, 3.63) is 89.5 Å². The van der Waals surface area contributed by atoms with Crippen LogP contribution in [0.1, 0.15) is 16.7 Å². The number of nitriles is 1. The molecule has 0 bridgehead atoms. The normalized spacial score (nSPS) is 14.2. The van der Waals surface area contributed by atoms with Crippen LogP contribution in [0.4, 0.5) is 5.88 Å². The molecule has 2 heterocycles. The van der Waals surface area contributed by atoms with Crippen LogP contribution >= 0.6 is 0 Å². The Morgan fingerprint density at radius 1 is 0.974 bits per heavy atom. The van der Waals surface area contributed by atoms with Crippen LogP contribution in [0.3, 0.4) is 0 Å². The summed E-state index contributed by atoms with van der Waals surface area (Å²) in [6, 6.07) is 25.8. The highest BCUT2D eigenvalue weighted by molar-refractivity contribution is 5.88. The van der Waals surface area contributed by atoms with Gasteiger partial charge in [0.2, 0.25) is 5.88 Å². The largest absolute Gasteiger partial charge is 0.504 e. The third-order valence-electron chi connectivity index (χ3n) is 6.99. The highest BCUT2D eigenvalue weighted by atomic mass is 16.5. The van der Waals surface area contributed by atoms with E-state index in [0.29, 0.717) is 36.0 Å². The number of ether oxygens (including phenoxy) is 1. The topological polar surface area (TPSA) is 84.9 Å². The molecule has 0 unspecified atom stereocenters. The molecule has 4 aromatic rings. The Morgan fingerprint density at radius 3 is 2.26 bits per heavy atom. The monoisotopic (exact) mass is 508 g/mol. The Bertz CT molecular complexity index is 1420. The van der Waals surface area contributed by atoms with Crippen LogP contribution in [0.25, 0.3) is 22.5 Å². The van der Waals surface area contributed by atoms with Gasteiger partial charge in [0.05, 0.1) is 7.11 Å². The van der Waals surface area contributed by atoms with Gasteiger partial charge < -0.3 is 24.5 Å². The van der Waals surface area contributed by atoms with Gasteiger partial charge in [0.1, 0.15) is 17.4 Å². The first-order chi connectivity index (χ1) is 18.6. The Hall–Kier alpha value is -4.25. The molecule has 5 rings (SSSR count). The molecule has 2 N–H and O–H groups in total. The second-order valence-corrected chi connectivity index (χ2v) is 9.59. The lowest BCUT2D eigenvalue weighted by Crippen LogP contribution is -2.43. The lowest BCUT2D eigenvalue weighted by Gasteiger charge is -2.32. The summed E-state index contributed by atoms with van der Waals surface area (Å²) < 4.78 is 11.8. The van der Waals surface area contributed by atoms with Crippen LogP contribution in [0, 0.1) is 11.3 Å². The van der Waals surface area contributed by atoms with Gasteiger partial charge >= 0.3 is 0 Å². The molecule has 1 aliphatic rings. The number of hydrogen-bond acceptors (Lipinski definition) is 7. The maximum absolute atomic E-state index is 10.8. The molecular formula is C31H32N4O3. The number of aromatic hydroxyl groups is 1. The summed E-state index contributed by atoms with van der Waals surface area (Å²) in [6.07, 6.45) is 0. The Kier molecular flexibility index (Phi) is 7.64. The van der Waals surface area contributed by atoms with E-state index in [4.69, 9.17) is 9.15 Å². The molecule has 1 fully saturated rings. The molecule has 194 valence electrons. The smallest absolute Gasteiger partial charge is 0.212 e. The number of nitrogens with one attached hydrogen (secondary N) is 1. The number of methoxy groups -OCH3 is 1. The van der Waals surface area contributed by atoms with Gasteiger partial charge in [0, 0.05) is 56.0 Å². The molecule has 0 radical (unpaired) electrons. The van der Waals surface area contributed by atoms with E-state index in [0.717, 1.165) is 54.0 Å². The summed E-state index contributed by atoms with van der Waals surface area (Å²) in [5.41, 5.74) is 4.78. The second-order valence-electron chi connectivity index (χ2n) is 9.59. The first-order valence-corrected chi connectivity index (χ1v) is 12.8. The zero-order valence-corrected chi connectivity index (χ0v) is 21.8. The van der Waals surface area contributed by atoms with Gasteiger partial charge in [0.25, 0.3) is 0 Å². The molecule has 7 heteroatoms. The predicted molar refractivity (Wildman–Crippen MR) is 149 cm³/mol. The van der Waals surface area contributed by atoms with Crippen molar-refractivity contribution < 1.29 is 14.3 Å². The minimum absolute atomic E-state index is 0.170. The van der Waals surface area contributed by atoms with E-state index in [1.165, 1.54) is 0 Å². The van der Waals surface area contributed by atoms with Crippen LogP contribution in [0.5, 0.6) is 11.5 Å². The van der Waals surface area contributed by atoms with E-state index in [-0.39, 0.29) is 5.75 Å². The third kappa shape index (κ3) is 5.37. The van der Waals surface area contributed by atoms with Crippen molar-refractivity contribution in [1.82, 2.24) is 9.80 Å². The van der Waals surface area contributed by atoms with E-state index < -0.39 is 0 Å². The van der Waals surface area contributed by atoms with Crippen molar-refractivity contribution in [3.63, 3.8) is 0 Å². The van der Waals surface area contributed by atoms with Gasteiger partial charge in [-0.25, -0.2) is 0 Å². The first-order valence-electron chi connectivity index (χ1n) is 12.8. The van der Waals surface area contributed by atoms with Crippen LogP contribution in [-0.4, -0.2) is 55.2 Å². The molecule has 0 saturated carbocycles. The predicted octanol–water partition coefficient (Wildman–Crippen LogP) is 5.56. The zero-order chi connectivity index (χ0) is 26.5. The van der Waals surface area contributed by atoms with Gasteiger partial charge in [-0.15, -0.1) is 0 Å². The summed E-state index contributed by atoms with van der Waals surface area (Å²) in [5, 5.41) is 24.3. The van der Waals surface area contributed by atoms with Crippen LogP contribution in [-0.2, 0) is 13.1 Å². The average molecular weight is 509 g/mol. The summed E-state index contributed by atoms with van der Waals surface area (Å²) in [4.78, 5) is 4.64. The molecule has 0 atom stereocenters. The molecule has 1 saturated heterocycles. The summed E-state index contributed by atoms with van der Waals surface area (Å²) in [6.45, 7) is 4.94. The van der Waals surface area contributed by atoms with E-state index in [1.807, 2.05) is 72.8 Å². The van der Waals surface area contributed by atoms with Gasteiger partial charge in [-0.05, 0) is 30.3 Å². The Labute approximate surface area is 223 Å². The Balaban J connectivity index is 1.46. The fourth-order valence-corrected chi connectivity index (χ4v) is 4.87. The number of phenols is 1. The SMILES string of the molecule is COc1cc(CNc2oc(-c3ccccc3)c(-c3ccccc3)c2C#N)cc(CN2CCN(C)CC2)c1O. The first kappa shape index (κ1) is 25.4. The van der Waals surface area contributed by atoms with Crippen molar-refractivity contribution in [1.29, 1.82) is 5.26 Å². The molecule has 0 aliphatic carbocycles. The number of anilines is 1. The maximum atomic E-state index is 10.8. The standard InChI is InChI=1S/C31H32N4O3/c1-34-13-15-35(16-14-34)21-25-17-22(18-27(37-2)29(25)36)20-33-31-26(19-32)28(23-9-5-3-6-10-23)30(38-31)24-11-7-4-8-12-24/h3-12,17-18,33,36H,13-16,20-21H2,1-2H3. The lowest BCUT2D eigenvalue weighted by atomic mass is 9.98. The van der Waals surface area contributed by atoms with Crippen LogP contribution < -0.4 is 10.1 Å². The number of phenolic OH excluding ortho intramolecular Hbond substituents is 1. The fraction of sp³-hybridized carbons (Fsp3) is 0.258. The molecule has 1 aromatic heterocycles. The zero-order valence-electron chi connectivity index (χ0n) is 21.8. The number of benzene rings is 3. The van der Waals surface area contributed by atoms with Crippen LogP contribution in [0.2, 0.25) is 0 Å². The highest BCUT2D eigenvalue weighted by Gasteiger charge is 2.23. The van der Waals surface area contributed by atoms with E-state index in [1.54, 1.807) is 7.11 Å². The van der Waals surface area contributed by atoms with E-state index in [9.17, 15) is 10.4 Å². The molecule has 7 nitrogen and oxygen atoms in total. The number of hydrogen-bond donors (Lipinski definition) is 2. The number of furan rings is 1. The van der Waals surface area contributed by atoms with Crippen molar-refractivity contribution >= 4 is 5.88 Å². The van der Waals surface area contributed by atoms with Gasteiger partial charge in [0.15, 0.2) is 11.5 Å². The van der Waals surface area contributed by atoms with Gasteiger partial charge in [-0.3, -0.25) is 4.90 Å². The number of piperazine rings is 1. The summed E-state index contributed by atoms with van der Waals surface area (Å²) in [7, 11) is 3.69. The molecule has 1 aliphatic heterocycles. The number of rotatable bonds is 8. The van der Waals surface area contributed by atoms with Gasteiger partial charge in [-0.2, -0.15) is 5.26 Å². The van der Waals surface area contributed by atoms with Crippen molar-refractivity contribution in [2.24, 2.45) is 0 Å². The molecule has 0 spiro atoms. The average Bonchev–Trinajstić information content (AvgIpc) is 3.34. The molecule has 3 aromatic carbocycles. The number of nitrogens with zero attached hydrogens (tertiary/aromatic N) is 3. The summed E-state index contributed by atoms with van der Waals surface area (Å²) in [5.74, 6) is 1.67. The Morgan fingerprint density at radius 2 is 1.63 bits per heavy atom. The second kappa shape index (κ2) is 11.4. The molecule has 38 heavy (non-hydrogen) atoms. The third-order valence-corrected chi connectivity index (χ3v) is 6.99. The van der Waals surface area contributed by atoms with Crippen molar-refractivity contribution in [3.8, 4) is 40.0 Å². The summed E-state index contributed by atoms with van der Waals surface area (Å²) >= 11 is 0. The highest BCUT2D eigenvalue weighted by Crippen LogP contribution is 2.41. The maximum Gasteiger partial charge on any atom is 0.212 e. The van der Waals surface area contributed by atoms with E-state index >= 15 is 0 Å². The fourth-order valence-electron chi connectivity index (χ4n) is 4.87. The molecule has 0 amide bonds. The van der Waals surface area contributed by atoms with Crippen molar-refractivity contribution in [2.45, 2.75) is 13.1 Å². The lowest BCUT2D eigenvalue weighted by molar-refractivity contribution is 0.147. The molecular weight excluding hydrogens is 476 g/mol. The minimum atomic E-state index is 0.170. The van der Waals surface area contributed by atoms with E-state index in [2.05, 4.69) is 28.2 Å². The van der Waals surface area contributed by atoms with Crippen LogP contribution in [0.15, 0.2) is 77.2 Å². The quantitative estimate of drug-likeness (QED) is 0.322. The van der Waals surface area contributed by atoms with Crippen molar-refractivity contribution in [2.75, 3.05) is 45.7 Å².